The van der Waals surface area contributed by atoms with Gasteiger partial charge in [-0.3, -0.25) is 9.69 Å². The maximum absolute atomic E-state index is 11.9. The van der Waals surface area contributed by atoms with E-state index in [2.05, 4.69) is 33.0 Å². The summed E-state index contributed by atoms with van der Waals surface area (Å²) in [7, 11) is 1.85. The zero-order valence-corrected chi connectivity index (χ0v) is 12.9. The van der Waals surface area contributed by atoms with Crippen molar-refractivity contribution in [2.45, 2.75) is 19.0 Å². The molecule has 0 spiro atoms. The third kappa shape index (κ3) is 3.35. The van der Waals surface area contributed by atoms with Gasteiger partial charge in [-0.05, 0) is 24.6 Å². The fraction of sp³-hybridized carbons (Fsp3) is 0.500. The van der Waals surface area contributed by atoms with Crippen molar-refractivity contribution in [2.75, 3.05) is 26.7 Å². The van der Waals surface area contributed by atoms with Crippen LogP contribution in [0.15, 0.2) is 28.7 Å². The van der Waals surface area contributed by atoms with E-state index in [1.165, 1.54) is 0 Å². The first kappa shape index (κ1) is 14.5. The minimum Gasteiger partial charge on any atom is -0.343 e. The first-order valence-electron chi connectivity index (χ1n) is 6.48. The van der Waals surface area contributed by atoms with E-state index in [0.29, 0.717) is 6.54 Å². The Morgan fingerprint density at radius 3 is 2.68 bits per heavy atom. The average Bonchev–Trinajstić information content (AvgIpc) is 2.33. The Labute approximate surface area is 122 Å². The zero-order chi connectivity index (χ0) is 14.0. The number of carbonyl (C=O) groups excluding carboxylic acids is 1. The summed E-state index contributed by atoms with van der Waals surface area (Å²) in [6, 6.07) is 8.21. The van der Waals surface area contributed by atoms with E-state index in [1.54, 1.807) is 4.90 Å². The second-order valence-electron chi connectivity index (χ2n) is 5.14. The van der Waals surface area contributed by atoms with E-state index in [-0.39, 0.29) is 18.0 Å². The highest BCUT2D eigenvalue weighted by Gasteiger charge is 2.30. The molecule has 2 atom stereocenters. The number of benzene rings is 1. The lowest BCUT2D eigenvalue weighted by Gasteiger charge is -2.39. The summed E-state index contributed by atoms with van der Waals surface area (Å²) in [5.74, 6) is 0.159. The molecule has 0 radical (unpaired) electrons. The maximum atomic E-state index is 11.9. The number of piperazine rings is 1. The van der Waals surface area contributed by atoms with Gasteiger partial charge in [-0.15, -0.1) is 0 Å². The standard InChI is InChI=1S/C14H20BrN3O/c1-10(16)14(11-4-3-5-12(15)8-11)18-7-6-17(2)13(19)9-18/h3-5,8,10,14H,6-7,9,16H2,1-2H3. The van der Waals surface area contributed by atoms with Crippen molar-refractivity contribution in [2.24, 2.45) is 5.73 Å². The van der Waals surface area contributed by atoms with Crippen molar-refractivity contribution >= 4 is 21.8 Å². The van der Waals surface area contributed by atoms with Gasteiger partial charge in [0.1, 0.15) is 0 Å². The second kappa shape index (κ2) is 6.03. The Morgan fingerprint density at radius 2 is 2.11 bits per heavy atom. The third-order valence-electron chi connectivity index (χ3n) is 3.57. The zero-order valence-electron chi connectivity index (χ0n) is 11.3. The van der Waals surface area contributed by atoms with Gasteiger partial charge in [-0.1, -0.05) is 28.1 Å². The fourth-order valence-corrected chi connectivity index (χ4v) is 2.97. The Balaban J connectivity index is 2.24. The van der Waals surface area contributed by atoms with E-state index in [4.69, 9.17) is 5.73 Å². The van der Waals surface area contributed by atoms with Gasteiger partial charge in [-0.2, -0.15) is 0 Å². The van der Waals surface area contributed by atoms with Gasteiger partial charge in [0, 0.05) is 30.7 Å². The van der Waals surface area contributed by atoms with Crippen molar-refractivity contribution in [1.82, 2.24) is 9.80 Å². The molecule has 19 heavy (non-hydrogen) atoms. The number of halogens is 1. The molecule has 1 amide bonds. The molecule has 1 heterocycles. The first-order valence-corrected chi connectivity index (χ1v) is 7.27. The Morgan fingerprint density at radius 1 is 1.37 bits per heavy atom. The summed E-state index contributed by atoms with van der Waals surface area (Å²) in [6.45, 7) is 4.06. The smallest absolute Gasteiger partial charge is 0.236 e. The van der Waals surface area contributed by atoms with Gasteiger partial charge >= 0.3 is 0 Å². The van der Waals surface area contributed by atoms with Crippen LogP contribution < -0.4 is 5.73 Å². The Hall–Kier alpha value is -0.910. The molecule has 5 heteroatoms. The van der Waals surface area contributed by atoms with Gasteiger partial charge in [0.15, 0.2) is 0 Å². The molecule has 1 aliphatic rings. The summed E-state index contributed by atoms with van der Waals surface area (Å²) in [5, 5.41) is 0. The van der Waals surface area contributed by atoms with E-state index in [1.807, 2.05) is 26.1 Å². The lowest BCUT2D eigenvalue weighted by molar-refractivity contribution is -0.135. The van der Waals surface area contributed by atoms with Crippen LogP contribution >= 0.6 is 15.9 Å². The second-order valence-corrected chi connectivity index (χ2v) is 6.06. The minimum atomic E-state index is -0.0227. The SMILES string of the molecule is CC(N)C(c1cccc(Br)c1)N1CCN(C)C(=O)C1. The number of nitrogens with two attached hydrogens (primary N) is 1. The van der Waals surface area contributed by atoms with Crippen LogP contribution in [-0.4, -0.2) is 48.4 Å². The minimum absolute atomic E-state index is 0.0227. The van der Waals surface area contributed by atoms with E-state index in [0.717, 1.165) is 23.1 Å². The van der Waals surface area contributed by atoms with Crippen LogP contribution in [0.4, 0.5) is 0 Å². The Bertz CT molecular complexity index is 464. The number of rotatable bonds is 3. The molecule has 4 nitrogen and oxygen atoms in total. The average molecular weight is 326 g/mol. The summed E-state index contributed by atoms with van der Waals surface area (Å²) in [5.41, 5.74) is 7.30. The topological polar surface area (TPSA) is 49.6 Å². The normalized spacial score (nSPS) is 20.4. The number of hydrogen-bond donors (Lipinski definition) is 1. The maximum Gasteiger partial charge on any atom is 0.236 e. The number of carbonyl (C=O) groups is 1. The molecular weight excluding hydrogens is 306 g/mol. The van der Waals surface area contributed by atoms with Crippen LogP contribution in [0.2, 0.25) is 0 Å². The van der Waals surface area contributed by atoms with Gasteiger partial charge < -0.3 is 10.6 Å². The molecule has 1 fully saturated rings. The third-order valence-corrected chi connectivity index (χ3v) is 4.06. The molecule has 2 N–H and O–H groups in total. The van der Waals surface area contributed by atoms with Crippen molar-refractivity contribution in [1.29, 1.82) is 0 Å². The highest BCUT2D eigenvalue weighted by molar-refractivity contribution is 9.10. The summed E-state index contributed by atoms with van der Waals surface area (Å²) in [6.07, 6.45) is 0. The molecule has 0 aromatic heterocycles. The predicted molar refractivity (Wildman–Crippen MR) is 79.7 cm³/mol. The van der Waals surface area contributed by atoms with E-state index >= 15 is 0 Å². The number of hydrogen-bond acceptors (Lipinski definition) is 3. The summed E-state index contributed by atoms with van der Waals surface area (Å²) >= 11 is 3.49. The summed E-state index contributed by atoms with van der Waals surface area (Å²) < 4.78 is 1.04. The van der Waals surface area contributed by atoms with E-state index < -0.39 is 0 Å². The van der Waals surface area contributed by atoms with Crippen molar-refractivity contribution < 1.29 is 4.79 Å². The molecule has 1 aliphatic heterocycles. The predicted octanol–water partition coefficient (Wildman–Crippen LogP) is 1.61. The van der Waals surface area contributed by atoms with Crippen LogP contribution in [-0.2, 0) is 4.79 Å². The van der Waals surface area contributed by atoms with Crippen molar-refractivity contribution in [3.63, 3.8) is 0 Å². The molecule has 1 aromatic carbocycles. The fourth-order valence-electron chi connectivity index (χ4n) is 2.55. The Kier molecular flexibility index (Phi) is 4.60. The van der Waals surface area contributed by atoms with Gasteiger partial charge in [-0.25, -0.2) is 0 Å². The first-order chi connectivity index (χ1) is 8.99. The lowest BCUT2D eigenvalue weighted by atomic mass is 9.98. The van der Waals surface area contributed by atoms with Crippen LogP contribution in [0, 0.1) is 0 Å². The molecule has 104 valence electrons. The molecule has 0 aliphatic carbocycles. The molecule has 0 bridgehead atoms. The molecule has 2 unspecified atom stereocenters. The molecular formula is C14H20BrN3O. The van der Waals surface area contributed by atoms with Gasteiger partial charge in [0.05, 0.1) is 12.6 Å². The van der Waals surface area contributed by atoms with Crippen molar-refractivity contribution in [3.8, 4) is 0 Å². The van der Waals surface area contributed by atoms with Crippen molar-refractivity contribution in [3.05, 3.63) is 34.3 Å². The monoisotopic (exact) mass is 325 g/mol. The van der Waals surface area contributed by atoms with Crippen LogP contribution in [0.1, 0.15) is 18.5 Å². The highest BCUT2D eigenvalue weighted by atomic mass is 79.9. The number of amides is 1. The molecule has 1 aromatic rings. The van der Waals surface area contributed by atoms with E-state index in [9.17, 15) is 4.79 Å². The van der Waals surface area contributed by atoms with Crippen LogP contribution in [0.3, 0.4) is 0 Å². The summed E-state index contributed by atoms with van der Waals surface area (Å²) in [4.78, 5) is 15.8. The van der Waals surface area contributed by atoms with Crippen LogP contribution in [0.5, 0.6) is 0 Å². The number of likely N-dealkylation sites (N-methyl/N-ethyl adjacent to an activating group) is 1. The van der Waals surface area contributed by atoms with Gasteiger partial charge in [0.25, 0.3) is 0 Å². The lowest BCUT2D eigenvalue weighted by Crippen LogP contribution is -2.52. The quantitative estimate of drug-likeness (QED) is 0.918. The largest absolute Gasteiger partial charge is 0.343 e. The number of nitrogens with zero attached hydrogens (tertiary/aromatic N) is 2. The highest BCUT2D eigenvalue weighted by Crippen LogP contribution is 2.27. The van der Waals surface area contributed by atoms with Crippen LogP contribution in [0.25, 0.3) is 0 Å². The van der Waals surface area contributed by atoms with Gasteiger partial charge in [0.2, 0.25) is 5.91 Å². The molecule has 0 saturated carbocycles. The molecule has 1 saturated heterocycles. The molecule has 2 rings (SSSR count).